The minimum absolute atomic E-state index is 0.00533. The molecule has 20 heavy (non-hydrogen) atoms. The number of aromatic hydroxyl groups is 1. The lowest BCUT2D eigenvalue weighted by molar-refractivity contribution is 0.0653. The molecule has 0 saturated carbocycles. The molecule has 1 aliphatic heterocycles. The lowest BCUT2D eigenvalue weighted by atomic mass is 9.95. The number of fused-ring (bicyclic) bond motifs is 1. The predicted octanol–water partition coefficient (Wildman–Crippen LogP) is 3.74. The highest BCUT2D eigenvalue weighted by atomic mass is 35.5. The zero-order valence-electron chi connectivity index (χ0n) is 10.4. The van der Waals surface area contributed by atoms with E-state index >= 15 is 0 Å². The molecule has 0 spiro atoms. The van der Waals surface area contributed by atoms with Gasteiger partial charge in [-0.3, -0.25) is 0 Å². The Morgan fingerprint density at radius 1 is 1.20 bits per heavy atom. The number of phenolic OH excluding ortho intramolecular Hbond substituents is 1. The Labute approximate surface area is 120 Å². The van der Waals surface area contributed by atoms with Crippen molar-refractivity contribution >= 4 is 11.6 Å². The van der Waals surface area contributed by atoms with Crippen LogP contribution in [0.4, 0.5) is 4.39 Å². The smallest absolute Gasteiger partial charge is 0.134 e. The first kappa shape index (κ1) is 13.2. The van der Waals surface area contributed by atoms with E-state index in [0.29, 0.717) is 17.7 Å². The standard InChI is InChI=1S/C15H12ClFO3/c16-11-5-8(1-3-12(11)18)15-7-13(19)10-6-9(17)2-4-14(10)20-15/h1-6,13,15,18-19H,7H2. The van der Waals surface area contributed by atoms with E-state index in [0.717, 1.165) is 5.56 Å². The number of phenols is 1. The number of aliphatic hydroxyl groups excluding tert-OH is 1. The fourth-order valence-electron chi connectivity index (χ4n) is 2.35. The number of ether oxygens (including phenoxy) is 1. The monoisotopic (exact) mass is 294 g/mol. The Hall–Kier alpha value is -1.78. The highest BCUT2D eigenvalue weighted by Gasteiger charge is 2.28. The molecule has 0 bridgehead atoms. The maximum atomic E-state index is 13.2. The topological polar surface area (TPSA) is 49.7 Å². The van der Waals surface area contributed by atoms with Crippen LogP contribution in [0.5, 0.6) is 11.5 Å². The molecule has 2 aromatic rings. The van der Waals surface area contributed by atoms with Crippen molar-refractivity contribution in [1.29, 1.82) is 0 Å². The fourth-order valence-corrected chi connectivity index (χ4v) is 2.53. The molecule has 0 aromatic heterocycles. The largest absolute Gasteiger partial charge is 0.506 e. The van der Waals surface area contributed by atoms with E-state index in [1.54, 1.807) is 12.1 Å². The van der Waals surface area contributed by atoms with Crippen LogP contribution < -0.4 is 4.74 Å². The molecule has 2 unspecified atom stereocenters. The van der Waals surface area contributed by atoms with Crippen LogP contribution in [0.2, 0.25) is 5.02 Å². The van der Waals surface area contributed by atoms with E-state index in [9.17, 15) is 14.6 Å². The molecule has 0 amide bonds. The quantitative estimate of drug-likeness (QED) is 0.842. The van der Waals surface area contributed by atoms with Gasteiger partial charge >= 0.3 is 0 Å². The van der Waals surface area contributed by atoms with Gasteiger partial charge in [0.25, 0.3) is 0 Å². The molecule has 0 aliphatic carbocycles. The van der Waals surface area contributed by atoms with Crippen molar-refractivity contribution in [2.24, 2.45) is 0 Å². The van der Waals surface area contributed by atoms with Gasteiger partial charge in [-0.25, -0.2) is 4.39 Å². The van der Waals surface area contributed by atoms with Gasteiger partial charge in [0.15, 0.2) is 0 Å². The molecule has 3 rings (SSSR count). The van der Waals surface area contributed by atoms with Gasteiger partial charge in [0, 0.05) is 12.0 Å². The first-order valence-electron chi connectivity index (χ1n) is 6.17. The van der Waals surface area contributed by atoms with Gasteiger partial charge in [0.05, 0.1) is 11.1 Å². The van der Waals surface area contributed by atoms with Crippen molar-refractivity contribution < 1.29 is 19.3 Å². The molecule has 1 aliphatic rings. The van der Waals surface area contributed by atoms with E-state index in [4.69, 9.17) is 16.3 Å². The molecule has 104 valence electrons. The number of hydrogen-bond donors (Lipinski definition) is 2. The fraction of sp³-hybridized carbons (Fsp3) is 0.200. The van der Waals surface area contributed by atoms with Gasteiger partial charge in [-0.05, 0) is 35.9 Å². The van der Waals surface area contributed by atoms with E-state index in [-0.39, 0.29) is 16.9 Å². The Kier molecular flexibility index (Phi) is 3.28. The van der Waals surface area contributed by atoms with Crippen molar-refractivity contribution in [1.82, 2.24) is 0 Å². The van der Waals surface area contributed by atoms with Crippen LogP contribution in [-0.4, -0.2) is 10.2 Å². The Bertz CT molecular complexity index is 660. The third kappa shape index (κ3) is 2.32. The zero-order chi connectivity index (χ0) is 14.3. The summed E-state index contributed by atoms with van der Waals surface area (Å²) in [5.41, 5.74) is 1.20. The highest BCUT2D eigenvalue weighted by molar-refractivity contribution is 6.32. The minimum atomic E-state index is -0.799. The average molecular weight is 295 g/mol. The molecular formula is C15H12ClFO3. The second-order valence-corrected chi connectivity index (χ2v) is 5.16. The van der Waals surface area contributed by atoms with Crippen molar-refractivity contribution in [3.8, 4) is 11.5 Å². The summed E-state index contributed by atoms with van der Waals surface area (Å²) in [5.74, 6) is 0.0473. The zero-order valence-corrected chi connectivity index (χ0v) is 11.1. The Morgan fingerprint density at radius 2 is 2.00 bits per heavy atom. The molecule has 1 heterocycles. The van der Waals surface area contributed by atoms with Crippen LogP contribution >= 0.6 is 11.6 Å². The van der Waals surface area contributed by atoms with E-state index in [1.165, 1.54) is 24.3 Å². The van der Waals surface area contributed by atoms with Crippen molar-refractivity contribution in [3.05, 3.63) is 58.4 Å². The lowest BCUT2D eigenvalue weighted by Crippen LogP contribution is -2.19. The summed E-state index contributed by atoms with van der Waals surface area (Å²) >= 11 is 5.87. The van der Waals surface area contributed by atoms with Gasteiger partial charge in [0.1, 0.15) is 23.4 Å². The third-order valence-corrected chi connectivity index (χ3v) is 3.68. The third-order valence-electron chi connectivity index (χ3n) is 3.38. The second-order valence-electron chi connectivity index (χ2n) is 4.75. The molecular weight excluding hydrogens is 283 g/mol. The lowest BCUT2D eigenvalue weighted by Gasteiger charge is -2.30. The number of halogens is 2. The van der Waals surface area contributed by atoms with E-state index in [2.05, 4.69) is 0 Å². The molecule has 0 radical (unpaired) electrons. The first-order valence-corrected chi connectivity index (χ1v) is 6.55. The number of aliphatic hydroxyl groups is 1. The Morgan fingerprint density at radius 3 is 2.75 bits per heavy atom. The summed E-state index contributed by atoms with van der Waals surface area (Å²) in [5, 5.41) is 19.8. The average Bonchev–Trinajstić information content (AvgIpc) is 2.42. The molecule has 2 N–H and O–H groups in total. The molecule has 3 nitrogen and oxygen atoms in total. The van der Waals surface area contributed by atoms with Gasteiger partial charge in [0.2, 0.25) is 0 Å². The van der Waals surface area contributed by atoms with Gasteiger partial charge < -0.3 is 14.9 Å². The summed E-state index contributed by atoms with van der Waals surface area (Å²) in [4.78, 5) is 0. The molecule has 0 fully saturated rings. The molecule has 2 aromatic carbocycles. The number of hydrogen-bond acceptors (Lipinski definition) is 3. The normalized spacial score (nSPS) is 21.1. The minimum Gasteiger partial charge on any atom is -0.506 e. The summed E-state index contributed by atoms with van der Waals surface area (Å²) in [6.07, 6.45) is -0.884. The maximum Gasteiger partial charge on any atom is 0.134 e. The SMILES string of the molecule is Oc1ccc(C2CC(O)c3cc(F)ccc3O2)cc1Cl. The van der Waals surface area contributed by atoms with E-state index in [1.807, 2.05) is 0 Å². The first-order chi connectivity index (χ1) is 9.54. The summed E-state index contributed by atoms with van der Waals surface area (Å²) in [7, 11) is 0. The van der Waals surface area contributed by atoms with Crippen LogP contribution in [0.25, 0.3) is 0 Å². The second kappa shape index (κ2) is 4.96. The van der Waals surface area contributed by atoms with Crippen LogP contribution in [-0.2, 0) is 0 Å². The van der Waals surface area contributed by atoms with Crippen LogP contribution in [0.15, 0.2) is 36.4 Å². The van der Waals surface area contributed by atoms with Crippen molar-refractivity contribution in [2.75, 3.05) is 0 Å². The van der Waals surface area contributed by atoms with Gasteiger partial charge in [-0.1, -0.05) is 17.7 Å². The number of rotatable bonds is 1. The molecule has 2 atom stereocenters. The summed E-state index contributed by atoms with van der Waals surface area (Å²) < 4.78 is 18.9. The number of benzene rings is 2. The highest BCUT2D eigenvalue weighted by Crippen LogP contribution is 2.41. The molecule has 0 saturated heterocycles. The van der Waals surface area contributed by atoms with Crippen LogP contribution in [0, 0.1) is 5.82 Å². The Balaban J connectivity index is 1.94. The molecule has 5 heteroatoms. The van der Waals surface area contributed by atoms with Crippen molar-refractivity contribution in [3.63, 3.8) is 0 Å². The maximum absolute atomic E-state index is 13.2. The van der Waals surface area contributed by atoms with Crippen LogP contribution in [0.3, 0.4) is 0 Å². The van der Waals surface area contributed by atoms with Crippen molar-refractivity contribution in [2.45, 2.75) is 18.6 Å². The summed E-state index contributed by atoms with van der Waals surface area (Å²) in [6.45, 7) is 0. The van der Waals surface area contributed by atoms with Crippen LogP contribution in [0.1, 0.15) is 29.8 Å². The van der Waals surface area contributed by atoms with Gasteiger partial charge in [-0.15, -0.1) is 0 Å². The van der Waals surface area contributed by atoms with E-state index < -0.39 is 11.9 Å². The predicted molar refractivity (Wildman–Crippen MR) is 72.5 cm³/mol. The summed E-state index contributed by atoms with van der Waals surface area (Å²) in [6, 6.07) is 8.84. The van der Waals surface area contributed by atoms with Gasteiger partial charge in [-0.2, -0.15) is 0 Å².